The number of para-hydroxylation sites is 2. The third-order valence-corrected chi connectivity index (χ3v) is 8.93. The lowest BCUT2D eigenvalue weighted by atomic mass is 9.88. The highest BCUT2D eigenvalue weighted by molar-refractivity contribution is 6.08. The molecular formula is C43H25NO2. The highest BCUT2D eigenvalue weighted by atomic mass is 16.3. The molecular weight excluding hydrogens is 562 g/mol. The van der Waals surface area contributed by atoms with Gasteiger partial charge in [-0.25, -0.2) is 0 Å². The Morgan fingerprint density at radius 3 is 1.39 bits per heavy atom. The molecule has 3 heteroatoms. The van der Waals surface area contributed by atoms with E-state index in [1.54, 1.807) is 0 Å². The van der Waals surface area contributed by atoms with E-state index in [2.05, 4.69) is 103 Å². The number of furan rings is 2. The first-order valence-corrected chi connectivity index (χ1v) is 15.3. The van der Waals surface area contributed by atoms with Crippen LogP contribution in [-0.4, -0.2) is 0 Å². The average Bonchev–Trinajstić information content (AvgIpc) is 3.69. The van der Waals surface area contributed by atoms with Crippen molar-refractivity contribution in [3.05, 3.63) is 157 Å². The van der Waals surface area contributed by atoms with Crippen molar-refractivity contribution in [3.8, 4) is 50.6 Å². The Morgan fingerprint density at radius 2 is 0.804 bits per heavy atom. The lowest BCUT2D eigenvalue weighted by Gasteiger charge is -2.15. The van der Waals surface area contributed by atoms with Crippen LogP contribution in [0.5, 0.6) is 0 Å². The maximum absolute atomic E-state index is 9.95. The predicted molar refractivity (Wildman–Crippen MR) is 187 cm³/mol. The fourth-order valence-corrected chi connectivity index (χ4v) is 6.71. The number of rotatable bonds is 4. The molecule has 0 atom stereocenters. The second-order valence-electron chi connectivity index (χ2n) is 11.6. The van der Waals surface area contributed by atoms with Gasteiger partial charge in [0.05, 0.1) is 11.6 Å². The van der Waals surface area contributed by atoms with E-state index in [-0.39, 0.29) is 0 Å². The molecule has 0 aliphatic rings. The summed E-state index contributed by atoms with van der Waals surface area (Å²) in [6.45, 7) is 0. The van der Waals surface area contributed by atoms with E-state index in [4.69, 9.17) is 8.83 Å². The zero-order valence-corrected chi connectivity index (χ0v) is 24.7. The normalized spacial score (nSPS) is 11.5. The third-order valence-electron chi connectivity index (χ3n) is 8.93. The molecule has 0 bridgehead atoms. The van der Waals surface area contributed by atoms with Crippen LogP contribution in [0.4, 0.5) is 0 Å². The summed E-state index contributed by atoms with van der Waals surface area (Å²) >= 11 is 0. The second kappa shape index (κ2) is 10.4. The lowest BCUT2D eigenvalue weighted by Crippen LogP contribution is -1.91. The maximum Gasteiger partial charge on any atom is 0.135 e. The molecule has 0 saturated carbocycles. The Balaban J connectivity index is 1.29. The van der Waals surface area contributed by atoms with E-state index in [0.717, 1.165) is 88.4 Å². The topological polar surface area (TPSA) is 50.1 Å². The van der Waals surface area contributed by atoms with Crippen molar-refractivity contribution in [3.63, 3.8) is 0 Å². The van der Waals surface area contributed by atoms with E-state index in [0.29, 0.717) is 5.56 Å². The second-order valence-corrected chi connectivity index (χ2v) is 11.6. The van der Waals surface area contributed by atoms with Crippen molar-refractivity contribution in [2.75, 3.05) is 0 Å². The van der Waals surface area contributed by atoms with Gasteiger partial charge in [-0.05, 0) is 99.6 Å². The number of hydrogen-bond acceptors (Lipinski definition) is 3. The SMILES string of the molecule is N#Cc1ccccc1-c1ccccc1-c1cc(-c2ccc3oc4ccccc4c3c2)cc(-c2ccc3oc4ccccc4c3c2)c1. The van der Waals surface area contributed by atoms with Crippen LogP contribution < -0.4 is 0 Å². The fraction of sp³-hybridized carbons (Fsp3) is 0. The Hall–Kier alpha value is -6.37. The minimum atomic E-state index is 0.654. The minimum Gasteiger partial charge on any atom is -0.456 e. The quantitative estimate of drug-likeness (QED) is 0.206. The third kappa shape index (κ3) is 4.20. The van der Waals surface area contributed by atoms with Gasteiger partial charge in [-0.2, -0.15) is 5.26 Å². The van der Waals surface area contributed by atoms with Crippen LogP contribution in [0.1, 0.15) is 5.56 Å². The number of hydrogen-bond donors (Lipinski definition) is 0. The monoisotopic (exact) mass is 587 g/mol. The lowest BCUT2D eigenvalue weighted by molar-refractivity contribution is 0.668. The van der Waals surface area contributed by atoms with Gasteiger partial charge in [-0.3, -0.25) is 0 Å². The van der Waals surface area contributed by atoms with Crippen molar-refractivity contribution in [2.45, 2.75) is 0 Å². The van der Waals surface area contributed by atoms with Gasteiger partial charge in [0.25, 0.3) is 0 Å². The Kier molecular flexibility index (Phi) is 5.88. The number of fused-ring (bicyclic) bond motifs is 6. The average molecular weight is 588 g/mol. The molecule has 9 rings (SSSR count). The molecule has 2 aromatic heterocycles. The summed E-state index contributed by atoms with van der Waals surface area (Å²) in [4.78, 5) is 0. The first-order chi connectivity index (χ1) is 22.7. The fourth-order valence-electron chi connectivity index (χ4n) is 6.71. The van der Waals surface area contributed by atoms with Crippen molar-refractivity contribution in [1.82, 2.24) is 0 Å². The number of nitriles is 1. The molecule has 9 aromatic rings. The highest BCUT2D eigenvalue weighted by Gasteiger charge is 2.16. The van der Waals surface area contributed by atoms with Gasteiger partial charge in [0.15, 0.2) is 0 Å². The summed E-state index contributed by atoms with van der Waals surface area (Å²) in [7, 11) is 0. The zero-order valence-electron chi connectivity index (χ0n) is 24.7. The van der Waals surface area contributed by atoms with Gasteiger partial charge >= 0.3 is 0 Å². The van der Waals surface area contributed by atoms with Crippen molar-refractivity contribution >= 4 is 43.9 Å². The van der Waals surface area contributed by atoms with Crippen LogP contribution in [0.3, 0.4) is 0 Å². The Morgan fingerprint density at radius 1 is 0.348 bits per heavy atom. The standard InChI is InChI=1S/C43H25NO2/c44-26-29-9-1-2-10-33(29)35-12-4-3-11-34(35)32-22-30(27-17-19-42-38(24-27)36-13-5-7-15-40(36)45-42)21-31(23-32)28-18-20-43-39(25-28)37-14-6-8-16-41(37)46-43/h1-25H. The summed E-state index contributed by atoms with van der Waals surface area (Å²) in [5.74, 6) is 0. The van der Waals surface area contributed by atoms with E-state index in [9.17, 15) is 5.26 Å². The van der Waals surface area contributed by atoms with Crippen LogP contribution in [-0.2, 0) is 0 Å². The largest absolute Gasteiger partial charge is 0.456 e. The number of benzene rings is 7. The van der Waals surface area contributed by atoms with Gasteiger partial charge < -0.3 is 8.83 Å². The highest BCUT2D eigenvalue weighted by Crippen LogP contribution is 2.41. The first-order valence-electron chi connectivity index (χ1n) is 15.3. The number of nitrogens with zero attached hydrogens (tertiary/aromatic N) is 1. The molecule has 7 aromatic carbocycles. The van der Waals surface area contributed by atoms with Crippen molar-refractivity contribution < 1.29 is 8.83 Å². The Bertz CT molecular complexity index is 2530. The molecule has 214 valence electrons. The van der Waals surface area contributed by atoms with E-state index in [1.165, 1.54) is 0 Å². The summed E-state index contributed by atoms with van der Waals surface area (Å²) in [5.41, 5.74) is 12.7. The van der Waals surface area contributed by atoms with Crippen molar-refractivity contribution in [1.29, 1.82) is 5.26 Å². The smallest absolute Gasteiger partial charge is 0.135 e. The van der Waals surface area contributed by atoms with E-state index in [1.807, 2.05) is 54.6 Å². The molecule has 0 radical (unpaired) electrons. The first kappa shape index (κ1) is 26.1. The van der Waals surface area contributed by atoms with E-state index >= 15 is 0 Å². The molecule has 46 heavy (non-hydrogen) atoms. The van der Waals surface area contributed by atoms with Crippen LogP contribution in [0.25, 0.3) is 88.4 Å². The molecule has 0 aliphatic heterocycles. The summed E-state index contributed by atoms with van der Waals surface area (Å²) in [6.07, 6.45) is 0. The van der Waals surface area contributed by atoms with Crippen molar-refractivity contribution in [2.24, 2.45) is 0 Å². The summed E-state index contributed by atoms with van der Waals surface area (Å²) < 4.78 is 12.3. The Labute approximate surface area is 265 Å². The molecule has 0 aliphatic carbocycles. The van der Waals surface area contributed by atoms with Crippen LogP contribution in [0.15, 0.2) is 160 Å². The molecule has 0 N–H and O–H groups in total. The molecule has 2 heterocycles. The van der Waals surface area contributed by atoms with Gasteiger partial charge in [0.1, 0.15) is 22.3 Å². The van der Waals surface area contributed by atoms with Gasteiger partial charge in [-0.1, -0.05) is 91.0 Å². The zero-order chi connectivity index (χ0) is 30.6. The van der Waals surface area contributed by atoms with E-state index < -0.39 is 0 Å². The van der Waals surface area contributed by atoms with Crippen LogP contribution in [0.2, 0.25) is 0 Å². The summed E-state index contributed by atoms with van der Waals surface area (Å²) in [6, 6.07) is 54.5. The molecule has 0 unspecified atom stereocenters. The minimum absolute atomic E-state index is 0.654. The van der Waals surface area contributed by atoms with Gasteiger partial charge in [-0.15, -0.1) is 0 Å². The predicted octanol–water partition coefficient (Wildman–Crippen LogP) is 12.0. The molecule has 0 saturated heterocycles. The van der Waals surface area contributed by atoms with Gasteiger partial charge in [0, 0.05) is 27.1 Å². The molecule has 0 amide bonds. The molecule has 3 nitrogen and oxygen atoms in total. The van der Waals surface area contributed by atoms with Gasteiger partial charge in [0.2, 0.25) is 0 Å². The molecule has 0 spiro atoms. The maximum atomic E-state index is 9.95. The van der Waals surface area contributed by atoms with Crippen LogP contribution in [0, 0.1) is 11.3 Å². The molecule has 0 fully saturated rings. The van der Waals surface area contributed by atoms with Crippen LogP contribution >= 0.6 is 0 Å². The summed E-state index contributed by atoms with van der Waals surface area (Å²) in [5, 5.41) is 14.3.